The molecule has 3 N–H and O–H groups in total. The van der Waals surface area contributed by atoms with Gasteiger partial charge in [-0.3, -0.25) is 9.88 Å². The maximum atomic E-state index is 11.5. The van der Waals surface area contributed by atoms with E-state index in [-0.39, 0.29) is 4.90 Å². The van der Waals surface area contributed by atoms with Crippen molar-refractivity contribution in [1.82, 2.24) is 19.9 Å². The summed E-state index contributed by atoms with van der Waals surface area (Å²) in [5.41, 5.74) is 4.66. The van der Waals surface area contributed by atoms with E-state index < -0.39 is 10.0 Å². The van der Waals surface area contributed by atoms with E-state index in [1.807, 2.05) is 30.6 Å². The lowest BCUT2D eigenvalue weighted by molar-refractivity contribution is 0.331. The average Bonchev–Trinajstić information content (AvgIpc) is 3.32. The minimum absolute atomic E-state index is 0.0519. The number of fused-ring (bicyclic) bond motifs is 1. The van der Waals surface area contributed by atoms with E-state index >= 15 is 0 Å². The zero-order valence-electron chi connectivity index (χ0n) is 18.0. The Morgan fingerprint density at radius 1 is 1.00 bits per heavy atom. The average molecular weight is 461 g/mol. The molecular weight excluding hydrogens is 436 g/mol. The Labute approximate surface area is 192 Å². The van der Waals surface area contributed by atoms with Gasteiger partial charge in [0.05, 0.1) is 10.4 Å². The zero-order valence-corrected chi connectivity index (χ0v) is 18.8. The first-order valence-electron chi connectivity index (χ1n) is 10.8. The van der Waals surface area contributed by atoms with E-state index in [0.717, 1.165) is 41.7 Å². The molecule has 0 atom stereocenters. The van der Waals surface area contributed by atoms with Crippen LogP contribution in [-0.4, -0.2) is 41.4 Å². The molecule has 0 radical (unpaired) electrons. The van der Waals surface area contributed by atoms with Crippen LogP contribution < -0.4 is 10.5 Å². The first kappa shape index (κ1) is 21.4. The lowest BCUT2D eigenvalue weighted by Crippen LogP contribution is -2.18. The SMILES string of the molecule is NS(=O)(=O)c1ccc(Nc2ncc3cccc(-c4cncc(CN5CCCC5)c4)c3n2)cc1. The third-order valence-electron chi connectivity index (χ3n) is 5.76. The quantitative estimate of drug-likeness (QED) is 0.451. The molecular formula is C24H24N6O2S. The molecule has 5 rings (SSSR count). The number of primary sulfonamides is 1. The van der Waals surface area contributed by atoms with Crippen LogP contribution in [0.25, 0.3) is 22.0 Å². The van der Waals surface area contributed by atoms with Crippen molar-refractivity contribution in [2.45, 2.75) is 24.3 Å². The number of anilines is 2. The minimum atomic E-state index is -3.74. The van der Waals surface area contributed by atoms with E-state index in [4.69, 9.17) is 10.1 Å². The number of nitrogens with one attached hydrogen (secondary N) is 1. The lowest BCUT2D eigenvalue weighted by Gasteiger charge is -2.15. The van der Waals surface area contributed by atoms with Crippen molar-refractivity contribution in [3.05, 3.63) is 72.7 Å². The molecule has 33 heavy (non-hydrogen) atoms. The summed E-state index contributed by atoms with van der Waals surface area (Å²) in [6.07, 6.45) is 8.08. The highest BCUT2D eigenvalue weighted by atomic mass is 32.2. The fraction of sp³-hybridized carbons (Fsp3) is 0.208. The number of rotatable bonds is 6. The van der Waals surface area contributed by atoms with Gasteiger partial charge in [-0.25, -0.2) is 23.5 Å². The highest BCUT2D eigenvalue weighted by Crippen LogP contribution is 2.29. The van der Waals surface area contributed by atoms with Crippen molar-refractivity contribution in [2.24, 2.45) is 5.14 Å². The van der Waals surface area contributed by atoms with Crippen molar-refractivity contribution in [1.29, 1.82) is 0 Å². The van der Waals surface area contributed by atoms with Crippen LogP contribution in [0, 0.1) is 0 Å². The van der Waals surface area contributed by atoms with Crippen LogP contribution in [0.2, 0.25) is 0 Å². The highest BCUT2D eigenvalue weighted by Gasteiger charge is 2.14. The number of likely N-dealkylation sites (tertiary alicyclic amines) is 1. The Balaban J connectivity index is 1.45. The Morgan fingerprint density at radius 2 is 1.79 bits per heavy atom. The molecule has 2 aromatic heterocycles. The van der Waals surface area contributed by atoms with Gasteiger partial charge in [0, 0.05) is 47.3 Å². The maximum absolute atomic E-state index is 11.5. The topological polar surface area (TPSA) is 114 Å². The van der Waals surface area contributed by atoms with Gasteiger partial charge in [-0.05, 0) is 61.8 Å². The highest BCUT2D eigenvalue weighted by molar-refractivity contribution is 7.89. The van der Waals surface area contributed by atoms with Crippen LogP contribution in [0.4, 0.5) is 11.6 Å². The molecule has 1 aliphatic rings. The van der Waals surface area contributed by atoms with Crippen LogP contribution in [-0.2, 0) is 16.6 Å². The van der Waals surface area contributed by atoms with Crippen molar-refractivity contribution in [2.75, 3.05) is 18.4 Å². The molecule has 0 saturated carbocycles. The van der Waals surface area contributed by atoms with E-state index in [2.05, 4.69) is 26.3 Å². The number of aromatic nitrogens is 3. The molecule has 2 aromatic carbocycles. The molecule has 1 fully saturated rings. The molecule has 168 valence electrons. The second-order valence-corrected chi connectivity index (χ2v) is 9.76. The summed E-state index contributed by atoms with van der Waals surface area (Å²) < 4.78 is 22.9. The summed E-state index contributed by atoms with van der Waals surface area (Å²) in [5.74, 6) is 0.416. The Kier molecular flexibility index (Phi) is 5.76. The number of benzene rings is 2. The van der Waals surface area contributed by atoms with Crippen LogP contribution in [0.1, 0.15) is 18.4 Å². The van der Waals surface area contributed by atoms with Gasteiger partial charge in [-0.15, -0.1) is 0 Å². The van der Waals surface area contributed by atoms with Gasteiger partial charge in [-0.2, -0.15) is 0 Å². The van der Waals surface area contributed by atoms with Crippen LogP contribution in [0.15, 0.2) is 72.0 Å². The van der Waals surface area contributed by atoms with Crippen molar-refractivity contribution in [3.63, 3.8) is 0 Å². The molecule has 1 saturated heterocycles. The van der Waals surface area contributed by atoms with Gasteiger partial charge < -0.3 is 5.32 Å². The summed E-state index contributed by atoms with van der Waals surface area (Å²) in [7, 11) is -3.74. The smallest absolute Gasteiger partial charge is 0.238 e. The van der Waals surface area contributed by atoms with E-state index in [1.54, 1.807) is 18.3 Å². The number of nitrogens with two attached hydrogens (primary N) is 1. The van der Waals surface area contributed by atoms with E-state index in [9.17, 15) is 8.42 Å². The van der Waals surface area contributed by atoms with E-state index in [1.165, 1.54) is 30.5 Å². The number of pyridine rings is 1. The van der Waals surface area contributed by atoms with Gasteiger partial charge in [-0.1, -0.05) is 18.2 Å². The molecule has 0 spiro atoms. The molecule has 0 amide bonds. The fourth-order valence-corrected chi connectivity index (χ4v) is 4.64. The summed E-state index contributed by atoms with van der Waals surface area (Å²) in [6.45, 7) is 3.18. The third kappa shape index (κ3) is 4.85. The van der Waals surface area contributed by atoms with Gasteiger partial charge in [0.15, 0.2) is 0 Å². The number of sulfonamides is 1. The van der Waals surface area contributed by atoms with Crippen molar-refractivity contribution in [3.8, 4) is 11.1 Å². The second-order valence-electron chi connectivity index (χ2n) is 8.20. The minimum Gasteiger partial charge on any atom is -0.324 e. The molecule has 0 unspecified atom stereocenters. The van der Waals surface area contributed by atoms with Crippen molar-refractivity contribution < 1.29 is 8.42 Å². The third-order valence-corrected chi connectivity index (χ3v) is 6.69. The monoisotopic (exact) mass is 460 g/mol. The molecule has 8 nitrogen and oxygen atoms in total. The van der Waals surface area contributed by atoms with Gasteiger partial charge in [0.2, 0.25) is 16.0 Å². The predicted octanol–water partition coefficient (Wildman–Crippen LogP) is 3.68. The van der Waals surface area contributed by atoms with Crippen LogP contribution in [0.3, 0.4) is 0 Å². The van der Waals surface area contributed by atoms with Gasteiger partial charge in [0.25, 0.3) is 0 Å². The Hall–Kier alpha value is -3.40. The molecule has 4 aromatic rings. The van der Waals surface area contributed by atoms with Crippen LogP contribution in [0.5, 0.6) is 0 Å². The van der Waals surface area contributed by atoms with Crippen molar-refractivity contribution >= 4 is 32.6 Å². The normalized spacial score (nSPS) is 14.6. The standard InChI is InChI=1S/C24H24N6O2S/c25-33(31,32)21-8-6-20(7-9-21)28-24-27-15-18-4-3-5-22(23(18)29-24)19-12-17(13-26-14-19)16-30-10-1-2-11-30/h3-9,12-15H,1-2,10-11,16H2,(H2,25,31,32)(H,27,28,29). The summed E-state index contributed by atoms with van der Waals surface area (Å²) >= 11 is 0. The molecule has 0 aliphatic carbocycles. The zero-order chi connectivity index (χ0) is 22.8. The summed E-state index contributed by atoms with van der Waals surface area (Å²) in [4.78, 5) is 16.1. The Morgan fingerprint density at radius 3 is 2.55 bits per heavy atom. The summed E-state index contributed by atoms with van der Waals surface area (Å²) in [6, 6.07) is 14.3. The number of nitrogens with zero attached hydrogens (tertiary/aromatic N) is 4. The number of hydrogen-bond acceptors (Lipinski definition) is 7. The first-order valence-corrected chi connectivity index (χ1v) is 12.3. The van der Waals surface area contributed by atoms with E-state index in [0.29, 0.717) is 11.6 Å². The molecule has 0 bridgehead atoms. The van der Waals surface area contributed by atoms with Gasteiger partial charge in [0.1, 0.15) is 0 Å². The lowest BCUT2D eigenvalue weighted by atomic mass is 10.0. The predicted molar refractivity (Wildman–Crippen MR) is 128 cm³/mol. The molecule has 1 aliphatic heterocycles. The Bertz CT molecular complexity index is 1400. The number of hydrogen-bond donors (Lipinski definition) is 2. The van der Waals surface area contributed by atoms with Gasteiger partial charge >= 0.3 is 0 Å². The van der Waals surface area contributed by atoms with Crippen LogP contribution >= 0.6 is 0 Å². The first-order chi connectivity index (χ1) is 16.0. The number of para-hydroxylation sites is 1. The summed E-state index contributed by atoms with van der Waals surface area (Å²) in [5, 5.41) is 9.23. The fourth-order valence-electron chi connectivity index (χ4n) is 4.13. The molecule has 9 heteroatoms. The molecule has 3 heterocycles. The largest absolute Gasteiger partial charge is 0.324 e. The second kappa shape index (κ2) is 8.86. The maximum Gasteiger partial charge on any atom is 0.238 e.